The van der Waals surface area contributed by atoms with Crippen molar-refractivity contribution < 1.29 is 4.39 Å². The topological polar surface area (TPSA) is 43.8 Å². The van der Waals surface area contributed by atoms with Crippen LogP contribution in [0.2, 0.25) is 0 Å². The van der Waals surface area contributed by atoms with E-state index >= 15 is 0 Å². The van der Waals surface area contributed by atoms with Crippen molar-refractivity contribution in [2.24, 2.45) is 5.73 Å². The normalized spacial score (nSPS) is 12.6. The monoisotopic (exact) mass is 233 g/mol. The van der Waals surface area contributed by atoms with Crippen LogP contribution in [0.4, 0.5) is 4.39 Å². The fourth-order valence-electron chi connectivity index (χ4n) is 1.84. The molecule has 0 bridgehead atoms. The Labute approximate surface area is 100 Å². The number of nitrogens with zero attached hydrogens (tertiary/aromatic N) is 2. The standard InChI is InChI=1S/C13H16FN3/c1-10(15)13-8-16-9-17(13)6-5-11-3-2-4-12(14)7-11/h2-4,7-10H,5-6,15H2,1H3/t10-/m1/s1. The molecular weight excluding hydrogens is 217 g/mol. The lowest BCUT2D eigenvalue weighted by atomic mass is 10.1. The van der Waals surface area contributed by atoms with Crippen LogP contribution in [0.1, 0.15) is 24.2 Å². The summed E-state index contributed by atoms with van der Waals surface area (Å²) < 4.78 is 15.0. The number of aromatic nitrogens is 2. The Morgan fingerprint density at radius 1 is 1.47 bits per heavy atom. The molecule has 0 saturated carbocycles. The summed E-state index contributed by atoms with van der Waals surface area (Å²) in [4.78, 5) is 4.08. The van der Waals surface area contributed by atoms with Crippen molar-refractivity contribution in [1.29, 1.82) is 0 Å². The quantitative estimate of drug-likeness (QED) is 0.880. The molecule has 90 valence electrons. The smallest absolute Gasteiger partial charge is 0.123 e. The van der Waals surface area contributed by atoms with Gasteiger partial charge in [-0.25, -0.2) is 9.37 Å². The Hall–Kier alpha value is -1.68. The first-order valence-corrected chi connectivity index (χ1v) is 5.67. The predicted molar refractivity (Wildman–Crippen MR) is 64.9 cm³/mol. The van der Waals surface area contributed by atoms with E-state index in [9.17, 15) is 4.39 Å². The van der Waals surface area contributed by atoms with Gasteiger partial charge in [-0.1, -0.05) is 12.1 Å². The average molecular weight is 233 g/mol. The van der Waals surface area contributed by atoms with Crippen molar-refractivity contribution in [3.63, 3.8) is 0 Å². The molecular formula is C13H16FN3. The van der Waals surface area contributed by atoms with Gasteiger partial charge in [0.2, 0.25) is 0 Å². The van der Waals surface area contributed by atoms with Gasteiger partial charge in [0.15, 0.2) is 0 Å². The van der Waals surface area contributed by atoms with E-state index in [4.69, 9.17) is 5.73 Å². The van der Waals surface area contributed by atoms with Crippen LogP contribution in [0.3, 0.4) is 0 Å². The van der Waals surface area contributed by atoms with Gasteiger partial charge in [-0.05, 0) is 31.0 Å². The maximum atomic E-state index is 13.0. The highest BCUT2D eigenvalue weighted by Gasteiger charge is 2.06. The van der Waals surface area contributed by atoms with Crippen molar-refractivity contribution in [2.75, 3.05) is 0 Å². The summed E-state index contributed by atoms with van der Waals surface area (Å²) in [5, 5.41) is 0. The number of rotatable bonds is 4. The van der Waals surface area contributed by atoms with Crippen molar-refractivity contribution >= 4 is 0 Å². The molecule has 3 nitrogen and oxygen atoms in total. The van der Waals surface area contributed by atoms with Crippen molar-refractivity contribution in [1.82, 2.24) is 9.55 Å². The van der Waals surface area contributed by atoms with Gasteiger partial charge in [-0.3, -0.25) is 0 Å². The van der Waals surface area contributed by atoms with Crippen LogP contribution < -0.4 is 5.73 Å². The van der Waals surface area contributed by atoms with Crippen molar-refractivity contribution in [3.05, 3.63) is 53.9 Å². The van der Waals surface area contributed by atoms with Gasteiger partial charge in [-0.15, -0.1) is 0 Å². The summed E-state index contributed by atoms with van der Waals surface area (Å²) >= 11 is 0. The number of halogens is 1. The van der Waals surface area contributed by atoms with Crippen molar-refractivity contribution in [2.45, 2.75) is 25.9 Å². The van der Waals surface area contributed by atoms with Gasteiger partial charge in [-0.2, -0.15) is 0 Å². The van der Waals surface area contributed by atoms with Crippen LogP contribution in [0.5, 0.6) is 0 Å². The third-order valence-electron chi connectivity index (χ3n) is 2.74. The molecule has 1 aromatic heterocycles. The van der Waals surface area contributed by atoms with Crippen molar-refractivity contribution in [3.8, 4) is 0 Å². The van der Waals surface area contributed by atoms with E-state index in [2.05, 4.69) is 4.98 Å². The van der Waals surface area contributed by atoms with E-state index in [1.54, 1.807) is 24.7 Å². The molecule has 0 aliphatic rings. The molecule has 1 aromatic carbocycles. The fourth-order valence-corrected chi connectivity index (χ4v) is 1.84. The summed E-state index contributed by atoms with van der Waals surface area (Å²) in [6.07, 6.45) is 4.31. The lowest BCUT2D eigenvalue weighted by molar-refractivity contribution is 0.610. The summed E-state index contributed by atoms with van der Waals surface area (Å²) in [6.45, 7) is 2.69. The van der Waals surface area contributed by atoms with Gasteiger partial charge in [0, 0.05) is 18.8 Å². The second-order valence-electron chi connectivity index (χ2n) is 4.18. The number of imidazole rings is 1. The molecule has 0 aliphatic carbocycles. The Balaban J connectivity index is 2.05. The first kappa shape index (κ1) is 11.8. The second-order valence-corrected chi connectivity index (χ2v) is 4.18. The molecule has 0 unspecified atom stereocenters. The average Bonchev–Trinajstić information content (AvgIpc) is 2.74. The van der Waals surface area contributed by atoms with Gasteiger partial charge in [0.05, 0.1) is 12.0 Å². The Bertz CT molecular complexity index is 491. The van der Waals surface area contributed by atoms with Crippen LogP contribution >= 0.6 is 0 Å². The van der Waals surface area contributed by atoms with E-state index in [1.807, 2.05) is 17.6 Å². The number of benzene rings is 1. The van der Waals surface area contributed by atoms with Crippen LogP contribution in [-0.4, -0.2) is 9.55 Å². The maximum Gasteiger partial charge on any atom is 0.123 e. The summed E-state index contributed by atoms with van der Waals surface area (Å²) in [6, 6.07) is 6.62. The van der Waals surface area contributed by atoms with E-state index in [0.717, 1.165) is 24.2 Å². The van der Waals surface area contributed by atoms with Gasteiger partial charge < -0.3 is 10.3 Å². The van der Waals surface area contributed by atoms with E-state index in [-0.39, 0.29) is 11.9 Å². The SMILES string of the molecule is C[C@@H](N)c1cncn1CCc1cccc(F)c1. The molecule has 17 heavy (non-hydrogen) atoms. The lowest BCUT2D eigenvalue weighted by Crippen LogP contribution is -2.12. The molecule has 4 heteroatoms. The highest BCUT2D eigenvalue weighted by molar-refractivity contribution is 5.16. The zero-order valence-electron chi connectivity index (χ0n) is 9.81. The molecule has 2 rings (SSSR count). The molecule has 0 spiro atoms. The molecule has 1 heterocycles. The van der Waals surface area contributed by atoms with Crippen LogP contribution in [0, 0.1) is 5.82 Å². The number of nitrogens with two attached hydrogens (primary N) is 1. The molecule has 0 fully saturated rings. The highest BCUT2D eigenvalue weighted by atomic mass is 19.1. The maximum absolute atomic E-state index is 13.0. The Morgan fingerprint density at radius 3 is 3.00 bits per heavy atom. The molecule has 2 aromatic rings. The minimum absolute atomic E-state index is 0.0370. The molecule has 0 amide bonds. The van der Waals surface area contributed by atoms with Gasteiger partial charge in [0.1, 0.15) is 5.82 Å². The third kappa shape index (κ3) is 2.91. The van der Waals surface area contributed by atoms with E-state index in [1.165, 1.54) is 6.07 Å². The largest absolute Gasteiger partial charge is 0.333 e. The highest BCUT2D eigenvalue weighted by Crippen LogP contribution is 2.11. The lowest BCUT2D eigenvalue weighted by Gasteiger charge is -2.10. The molecule has 0 aliphatic heterocycles. The van der Waals surface area contributed by atoms with Gasteiger partial charge >= 0.3 is 0 Å². The number of aryl methyl sites for hydroxylation is 2. The molecule has 0 saturated heterocycles. The fraction of sp³-hybridized carbons (Fsp3) is 0.308. The number of hydrogen-bond acceptors (Lipinski definition) is 2. The van der Waals surface area contributed by atoms with E-state index < -0.39 is 0 Å². The summed E-state index contributed by atoms with van der Waals surface area (Å²) in [7, 11) is 0. The van der Waals surface area contributed by atoms with Gasteiger partial charge in [0.25, 0.3) is 0 Å². The second kappa shape index (κ2) is 5.10. The zero-order valence-corrected chi connectivity index (χ0v) is 9.81. The Kier molecular flexibility index (Phi) is 3.54. The van der Waals surface area contributed by atoms with E-state index in [0.29, 0.717) is 0 Å². The molecule has 2 N–H and O–H groups in total. The summed E-state index contributed by atoms with van der Waals surface area (Å²) in [5.41, 5.74) is 7.81. The zero-order chi connectivity index (χ0) is 12.3. The molecule has 0 radical (unpaired) electrons. The third-order valence-corrected chi connectivity index (χ3v) is 2.74. The minimum Gasteiger partial charge on any atom is -0.333 e. The number of hydrogen-bond donors (Lipinski definition) is 1. The van der Waals surface area contributed by atoms with Crippen LogP contribution in [0.25, 0.3) is 0 Å². The minimum atomic E-state index is -0.194. The summed E-state index contributed by atoms with van der Waals surface area (Å²) in [5.74, 6) is -0.194. The van der Waals surface area contributed by atoms with Crippen LogP contribution in [0.15, 0.2) is 36.8 Å². The van der Waals surface area contributed by atoms with Crippen LogP contribution in [-0.2, 0) is 13.0 Å². The first-order valence-electron chi connectivity index (χ1n) is 5.67. The molecule has 1 atom stereocenters. The Morgan fingerprint density at radius 2 is 2.29 bits per heavy atom. The predicted octanol–water partition coefficient (Wildman–Crippen LogP) is 2.28. The first-order chi connectivity index (χ1) is 8.16.